The molecule has 0 radical (unpaired) electrons. The minimum absolute atomic E-state index is 0.00955. The summed E-state index contributed by atoms with van der Waals surface area (Å²) in [5.74, 6) is 0.574. The van der Waals surface area contributed by atoms with Gasteiger partial charge in [0.2, 0.25) is 10.0 Å². The van der Waals surface area contributed by atoms with Crippen LogP contribution in [0, 0.1) is 11.3 Å². The Morgan fingerprint density at radius 1 is 1.28 bits per heavy atom. The van der Waals surface area contributed by atoms with Gasteiger partial charge in [0.1, 0.15) is 16.8 Å². The van der Waals surface area contributed by atoms with E-state index < -0.39 is 10.0 Å². The lowest BCUT2D eigenvalue weighted by molar-refractivity contribution is 0.242. The topological polar surface area (TPSA) is 92.1 Å². The molecule has 8 heteroatoms. The number of rotatable bonds is 6. The molecule has 1 aromatic heterocycles. The van der Waals surface area contributed by atoms with Gasteiger partial charge in [0.05, 0.1) is 22.8 Å². The molecular formula is C24H25N3O3S2. The molecule has 0 spiro atoms. The van der Waals surface area contributed by atoms with Crippen LogP contribution in [0.2, 0.25) is 0 Å². The number of nitrogens with zero attached hydrogens (tertiary/aromatic N) is 2. The lowest BCUT2D eigenvalue weighted by Gasteiger charge is -2.27. The molecule has 3 aromatic rings. The van der Waals surface area contributed by atoms with Gasteiger partial charge in [0.15, 0.2) is 0 Å². The van der Waals surface area contributed by atoms with E-state index in [1.54, 1.807) is 11.3 Å². The Balaban J connectivity index is 1.68. The molecule has 0 fully saturated rings. The van der Waals surface area contributed by atoms with E-state index in [9.17, 15) is 13.7 Å². The SMILES string of the molecule is CC(C)Oc1ccc(-c2ncc(-c3cccc4c3CCC[C@H]4NS(C)(=O)=O)s2)cc1C#N. The van der Waals surface area contributed by atoms with Crippen molar-refractivity contribution in [3.63, 3.8) is 0 Å². The summed E-state index contributed by atoms with van der Waals surface area (Å²) < 4.78 is 32.1. The molecule has 0 amide bonds. The van der Waals surface area contributed by atoms with E-state index in [4.69, 9.17) is 4.74 Å². The van der Waals surface area contributed by atoms with Crippen molar-refractivity contribution < 1.29 is 13.2 Å². The number of fused-ring (bicyclic) bond motifs is 1. The number of benzene rings is 2. The summed E-state index contributed by atoms with van der Waals surface area (Å²) in [7, 11) is -3.29. The standard InChI is InChI=1S/C24H25N3O3S2/c1-15(2)30-22-11-10-16(12-17(22)13-25)24-26-14-23(31-24)20-8-4-7-19-18(20)6-5-9-21(19)27-32(3,28)29/h4,7-8,10-12,14-15,21,27H,5-6,9H2,1-3H3/t21-/m1/s1. The van der Waals surface area contributed by atoms with E-state index in [1.807, 2.05) is 50.4 Å². The fraction of sp³-hybridized carbons (Fsp3) is 0.333. The van der Waals surface area contributed by atoms with Crippen molar-refractivity contribution in [2.75, 3.05) is 6.26 Å². The zero-order valence-corrected chi connectivity index (χ0v) is 19.9. The maximum absolute atomic E-state index is 11.8. The van der Waals surface area contributed by atoms with Gasteiger partial charge < -0.3 is 4.74 Å². The summed E-state index contributed by atoms with van der Waals surface area (Å²) in [5, 5.41) is 10.4. The number of nitrogens with one attached hydrogen (secondary N) is 1. The van der Waals surface area contributed by atoms with Crippen molar-refractivity contribution in [2.45, 2.75) is 45.3 Å². The number of thiazole rings is 1. The van der Waals surface area contributed by atoms with E-state index in [0.717, 1.165) is 45.8 Å². The van der Waals surface area contributed by atoms with Crippen molar-refractivity contribution in [1.82, 2.24) is 9.71 Å². The number of nitriles is 1. The van der Waals surface area contributed by atoms with Crippen LogP contribution in [0.5, 0.6) is 5.75 Å². The molecule has 0 bridgehead atoms. The summed E-state index contributed by atoms with van der Waals surface area (Å²) in [6.07, 6.45) is 5.66. The quantitative estimate of drug-likeness (QED) is 0.547. The average molecular weight is 468 g/mol. The van der Waals surface area contributed by atoms with E-state index in [1.165, 1.54) is 11.8 Å². The van der Waals surface area contributed by atoms with Gasteiger partial charge >= 0.3 is 0 Å². The van der Waals surface area contributed by atoms with Crippen LogP contribution >= 0.6 is 11.3 Å². The molecule has 1 N–H and O–H groups in total. The third kappa shape index (κ3) is 4.85. The fourth-order valence-electron chi connectivity index (χ4n) is 4.10. The zero-order valence-electron chi connectivity index (χ0n) is 18.3. The third-order valence-electron chi connectivity index (χ3n) is 5.34. The number of aromatic nitrogens is 1. The van der Waals surface area contributed by atoms with E-state index in [0.29, 0.717) is 11.3 Å². The van der Waals surface area contributed by atoms with Gasteiger partial charge in [-0.05, 0) is 68.0 Å². The van der Waals surface area contributed by atoms with E-state index >= 15 is 0 Å². The number of ether oxygens (including phenoxy) is 1. The molecule has 0 unspecified atom stereocenters. The molecule has 4 rings (SSSR count). The summed E-state index contributed by atoms with van der Waals surface area (Å²) in [6, 6.07) is 13.6. The summed E-state index contributed by atoms with van der Waals surface area (Å²) >= 11 is 1.57. The van der Waals surface area contributed by atoms with Gasteiger partial charge in [-0.15, -0.1) is 11.3 Å². The predicted octanol–water partition coefficient (Wildman–Crippen LogP) is 5.06. The first-order chi connectivity index (χ1) is 15.2. The number of hydrogen-bond donors (Lipinski definition) is 1. The second-order valence-corrected chi connectivity index (χ2v) is 11.0. The molecule has 1 aliphatic carbocycles. The highest BCUT2D eigenvalue weighted by Crippen LogP contribution is 2.40. The maximum Gasteiger partial charge on any atom is 0.209 e. The lowest BCUT2D eigenvalue weighted by atomic mass is 9.85. The van der Waals surface area contributed by atoms with Crippen molar-refractivity contribution in [1.29, 1.82) is 5.26 Å². The van der Waals surface area contributed by atoms with Gasteiger partial charge in [-0.3, -0.25) is 0 Å². The Morgan fingerprint density at radius 3 is 2.81 bits per heavy atom. The molecule has 1 heterocycles. The van der Waals surface area contributed by atoms with Crippen LogP contribution < -0.4 is 9.46 Å². The molecule has 1 aliphatic rings. The molecular weight excluding hydrogens is 442 g/mol. The average Bonchev–Trinajstić information content (AvgIpc) is 3.22. The van der Waals surface area contributed by atoms with Crippen molar-refractivity contribution in [2.24, 2.45) is 0 Å². The van der Waals surface area contributed by atoms with Crippen molar-refractivity contribution in [3.05, 3.63) is 59.3 Å². The van der Waals surface area contributed by atoms with Crippen LogP contribution in [0.25, 0.3) is 21.0 Å². The first-order valence-electron chi connectivity index (χ1n) is 10.5. The Bertz CT molecular complexity index is 1290. The summed E-state index contributed by atoms with van der Waals surface area (Å²) in [6.45, 7) is 3.86. The molecule has 2 aromatic carbocycles. The Morgan fingerprint density at radius 2 is 2.09 bits per heavy atom. The summed E-state index contributed by atoms with van der Waals surface area (Å²) in [5.41, 5.74) is 4.66. The smallest absolute Gasteiger partial charge is 0.209 e. The van der Waals surface area contributed by atoms with Gasteiger partial charge in [-0.1, -0.05) is 18.2 Å². The first kappa shape index (κ1) is 22.5. The molecule has 0 saturated carbocycles. The maximum atomic E-state index is 11.8. The Hall–Kier alpha value is -2.73. The second-order valence-electron chi connectivity index (χ2n) is 8.23. The fourth-order valence-corrected chi connectivity index (χ4v) is 5.83. The third-order valence-corrected chi connectivity index (χ3v) is 7.14. The van der Waals surface area contributed by atoms with Crippen LogP contribution in [-0.2, 0) is 16.4 Å². The molecule has 0 saturated heterocycles. The van der Waals surface area contributed by atoms with Crippen LogP contribution in [0.4, 0.5) is 0 Å². The molecule has 32 heavy (non-hydrogen) atoms. The monoisotopic (exact) mass is 467 g/mol. The van der Waals surface area contributed by atoms with Gasteiger partial charge in [-0.25, -0.2) is 18.1 Å². The van der Waals surface area contributed by atoms with Crippen LogP contribution in [0.15, 0.2) is 42.6 Å². The van der Waals surface area contributed by atoms with Crippen LogP contribution in [-0.4, -0.2) is 25.8 Å². The highest BCUT2D eigenvalue weighted by Gasteiger charge is 2.25. The van der Waals surface area contributed by atoms with Crippen molar-refractivity contribution >= 4 is 21.4 Å². The van der Waals surface area contributed by atoms with Crippen LogP contribution in [0.3, 0.4) is 0 Å². The van der Waals surface area contributed by atoms with Gasteiger partial charge in [0.25, 0.3) is 0 Å². The Labute approximate surface area is 193 Å². The first-order valence-corrected chi connectivity index (χ1v) is 13.2. The molecule has 1 atom stereocenters. The highest BCUT2D eigenvalue weighted by molar-refractivity contribution is 7.88. The van der Waals surface area contributed by atoms with Crippen molar-refractivity contribution in [3.8, 4) is 32.8 Å². The van der Waals surface area contributed by atoms with E-state index in [-0.39, 0.29) is 12.1 Å². The lowest BCUT2D eigenvalue weighted by Crippen LogP contribution is -2.30. The minimum atomic E-state index is -3.29. The van der Waals surface area contributed by atoms with Gasteiger partial charge in [-0.2, -0.15) is 5.26 Å². The van der Waals surface area contributed by atoms with Gasteiger partial charge in [0, 0.05) is 17.8 Å². The summed E-state index contributed by atoms with van der Waals surface area (Å²) in [4.78, 5) is 5.64. The second kappa shape index (κ2) is 9.02. The largest absolute Gasteiger partial charge is 0.490 e. The minimum Gasteiger partial charge on any atom is -0.490 e. The number of hydrogen-bond acceptors (Lipinski definition) is 6. The normalized spacial score (nSPS) is 15.9. The zero-order chi connectivity index (χ0) is 22.9. The highest BCUT2D eigenvalue weighted by atomic mass is 32.2. The van der Waals surface area contributed by atoms with E-state index in [2.05, 4.69) is 21.8 Å². The number of sulfonamides is 1. The Kier molecular flexibility index (Phi) is 6.33. The van der Waals surface area contributed by atoms with Crippen LogP contribution in [0.1, 0.15) is 49.4 Å². The molecule has 6 nitrogen and oxygen atoms in total. The molecule has 0 aliphatic heterocycles. The molecule has 166 valence electrons. The predicted molar refractivity (Wildman–Crippen MR) is 127 cm³/mol.